The average molecular weight is 626 g/mol. The summed E-state index contributed by atoms with van der Waals surface area (Å²) in [7, 11) is 3.32. The Hall–Kier alpha value is -4.09. The third-order valence-corrected chi connectivity index (χ3v) is 8.71. The molecular weight excluding hydrogens is 591 g/mol. The summed E-state index contributed by atoms with van der Waals surface area (Å²) >= 11 is 1.14. The van der Waals surface area contributed by atoms with Crippen LogP contribution in [0.15, 0.2) is 60.7 Å². The van der Waals surface area contributed by atoms with Crippen molar-refractivity contribution >= 4 is 22.9 Å². The molecule has 44 heavy (non-hydrogen) atoms. The third kappa shape index (κ3) is 7.51. The Bertz CT molecular complexity index is 1590. The van der Waals surface area contributed by atoms with Crippen LogP contribution in [-0.4, -0.2) is 49.7 Å². The molecule has 3 aromatic carbocycles. The molecule has 0 saturated carbocycles. The largest absolute Gasteiger partial charge is 0.494 e. The van der Waals surface area contributed by atoms with Gasteiger partial charge >= 0.3 is 6.18 Å². The number of aromatic nitrogens is 1. The number of amides is 1. The molecule has 4 aromatic rings. The fraction of sp³-hybridized carbons (Fsp3) is 0.333. The van der Waals surface area contributed by atoms with Gasteiger partial charge in [-0.25, -0.2) is 4.98 Å². The summed E-state index contributed by atoms with van der Waals surface area (Å²) < 4.78 is 55.4. The standard InChI is InChI=1S/C33H34F3N3O4S/c1-21-30(44-32(37-21)22-6-8-25(9-7-22)33(34,35)36)31(40)38-26-10-12-27(13-11-26)43-17-5-4-15-39-16-14-23-18-28(41-2)29(42-3)19-24(23)20-39/h6-13,18-19H,4-5,14-17,20H2,1-3H3,(H,38,40). The summed E-state index contributed by atoms with van der Waals surface area (Å²) in [6, 6.07) is 16.1. The second kappa shape index (κ2) is 13.7. The van der Waals surface area contributed by atoms with Crippen LogP contribution in [0.3, 0.4) is 0 Å². The number of hydrogen-bond acceptors (Lipinski definition) is 7. The SMILES string of the molecule is COc1cc2c(cc1OC)CN(CCCCOc1ccc(NC(=O)c3sc(-c4ccc(C(F)(F)F)cc4)nc3C)cc1)CC2. The molecule has 232 valence electrons. The first-order valence-corrected chi connectivity index (χ1v) is 15.1. The zero-order valence-corrected chi connectivity index (χ0v) is 25.6. The lowest BCUT2D eigenvalue weighted by Gasteiger charge is -2.29. The lowest BCUT2D eigenvalue weighted by Crippen LogP contribution is -2.31. The summed E-state index contributed by atoms with van der Waals surface area (Å²) in [5.41, 5.74) is 3.50. The second-order valence-corrected chi connectivity index (χ2v) is 11.5. The number of hydrogen-bond donors (Lipinski definition) is 1. The van der Waals surface area contributed by atoms with Crippen molar-refractivity contribution in [2.24, 2.45) is 0 Å². The maximum Gasteiger partial charge on any atom is 0.416 e. The minimum Gasteiger partial charge on any atom is -0.494 e. The van der Waals surface area contributed by atoms with Crippen molar-refractivity contribution in [2.45, 2.75) is 38.9 Å². The molecule has 2 heterocycles. The highest BCUT2D eigenvalue weighted by molar-refractivity contribution is 7.17. The maximum atomic E-state index is 12.9. The number of thiazole rings is 1. The van der Waals surface area contributed by atoms with Crippen LogP contribution in [0, 0.1) is 6.92 Å². The van der Waals surface area contributed by atoms with Crippen molar-refractivity contribution in [2.75, 3.05) is 39.2 Å². The van der Waals surface area contributed by atoms with E-state index >= 15 is 0 Å². The molecule has 1 aliphatic heterocycles. The van der Waals surface area contributed by atoms with Crippen molar-refractivity contribution in [3.05, 3.63) is 87.9 Å². The Morgan fingerprint density at radius 2 is 1.66 bits per heavy atom. The molecule has 1 aliphatic rings. The van der Waals surface area contributed by atoms with Crippen LogP contribution in [0.2, 0.25) is 0 Å². The number of carbonyl (C=O) groups excluding carboxylic acids is 1. The van der Waals surface area contributed by atoms with Gasteiger partial charge in [0.05, 0.1) is 32.1 Å². The van der Waals surface area contributed by atoms with Crippen LogP contribution in [0.25, 0.3) is 10.6 Å². The van der Waals surface area contributed by atoms with Gasteiger partial charge in [0.15, 0.2) is 11.5 Å². The van der Waals surface area contributed by atoms with Crippen LogP contribution in [0.1, 0.15) is 44.9 Å². The molecule has 1 aromatic heterocycles. The molecule has 0 atom stereocenters. The van der Waals surface area contributed by atoms with Crippen molar-refractivity contribution in [3.63, 3.8) is 0 Å². The number of methoxy groups -OCH3 is 2. The number of nitrogens with one attached hydrogen (secondary N) is 1. The Morgan fingerprint density at radius 3 is 2.32 bits per heavy atom. The Labute approximate surface area is 258 Å². The zero-order valence-electron chi connectivity index (χ0n) is 24.8. The predicted molar refractivity (Wildman–Crippen MR) is 165 cm³/mol. The summed E-state index contributed by atoms with van der Waals surface area (Å²) in [4.78, 5) is 20.2. The van der Waals surface area contributed by atoms with Gasteiger partial charge in [-0.2, -0.15) is 13.2 Å². The lowest BCUT2D eigenvalue weighted by molar-refractivity contribution is -0.137. The van der Waals surface area contributed by atoms with Gasteiger partial charge in [-0.15, -0.1) is 11.3 Å². The van der Waals surface area contributed by atoms with E-state index in [2.05, 4.69) is 27.3 Å². The number of carbonyl (C=O) groups is 1. The van der Waals surface area contributed by atoms with Crippen LogP contribution >= 0.6 is 11.3 Å². The summed E-state index contributed by atoms with van der Waals surface area (Å²) in [6.07, 6.45) is -1.49. The van der Waals surface area contributed by atoms with Crippen molar-refractivity contribution < 1.29 is 32.2 Å². The van der Waals surface area contributed by atoms with Gasteiger partial charge in [-0.1, -0.05) is 12.1 Å². The number of rotatable bonds is 11. The fourth-order valence-electron chi connectivity index (χ4n) is 5.11. The Morgan fingerprint density at radius 1 is 0.977 bits per heavy atom. The number of nitrogens with zero attached hydrogens (tertiary/aromatic N) is 2. The highest BCUT2D eigenvalue weighted by Gasteiger charge is 2.30. The number of alkyl halides is 3. The molecule has 5 rings (SSSR count). The minimum absolute atomic E-state index is 0.329. The maximum absolute atomic E-state index is 12.9. The molecule has 0 aliphatic carbocycles. The van der Waals surface area contributed by atoms with E-state index in [0.717, 1.165) is 79.6 Å². The normalized spacial score (nSPS) is 13.3. The predicted octanol–water partition coefficient (Wildman–Crippen LogP) is 7.62. The summed E-state index contributed by atoms with van der Waals surface area (Å²) in [6.45, 7) is 5.18. The van der Waals surface area contributed by atoms with Gasteiger partial charge in [-0.3, -0.25) is 9.69 Å². The summed E-state index contributed by atoms with van der Waals surface area (Å²) in [5, 5.41) is 3.34. The molecule has 1 amide bonds. The second-order valence-electron chi connectivity index (χ2n) is 10.5. The molecule has 1 N–H and O–H groups in total. The van der Waals surface area contributed by atoms with Crippen LogP contribution < -0.4 is 19.5 Å². The van der Waals surface area contributed by atoms with Gasteiger partial charge < -0.3 is 19.5 Å². The monoisotopic (exact) mass is 625 g/mol. The third-order valence-electron chi connectivity index (χ3n) is 7.51. The summed E-state index contributed by atoms with van der Waals surface area (Å²) in [5.74, 6) is 1.92. The van der Waals surface area contributed by atoms with Gasteiger partial charge in [0.2, 0.25) is 0 Å². The molecule has 0 spiro atoms. The first kappa shape index (κ1) is 31.3. The molecule has 7 nitrogen and oxygen atoms in total. The molecule has 0 bridgehead atoms. The number of ether oxygens (including phenoxy) is 3. The fourth-order valence-corrected chi connectivity index (χ4v) is 6.08. The van der Waals surface area contributed by atoms with Gasteiger partial charge in [0.1, 0.15) is 15.6 Å². The first-order chi connectivity index (χ1) is 21.1. The first-order valence-electron chi connectivity index (χ1n) is 14.3. The molecular formula is C33H34F3N3O4S. The zero-order chi connectivity index (χ0) is 31.3. The molecule has 0 radical (unpaired) electrons. The van der Waals surface area contributed by atoms with E-state index in [9.17, 15) is 18.0 Å². The molecule has 0 fully saturated rings. The highest BCUT2D eigenvalue weighted by atomic mass is 32.1. The number of halogens is 3. The van der Waals surface area contributed by atoms with E-state index in [1.165, 1.54) is 23.3 Å². The molecule has 0 unspecified atom stereocenters. The molecule has 0 saturated heterocycles. The van der Waals surface area contributed by atoms with E-state index in [1.54, 1.807) is 33.3 Å². The van der Waals surface area contributed by atoms with E-state index in [-0.39, 0.29) is 5.91 Å². The Balaban J connectivity index is 1.06. The highest BCUT2D eigenvalue weighted by Crippen LogP contribution is 2.34. The number of unbranched alkanes of at least 4 members (excludes halogenated alkanes) is 1. The van der Waals surface area contributed by atoms with Gasteiger partial charge in [0.25, 0.3) is 5.91 Å². The van der Waals surface area contributed by atoms with E-state index in [4.69, 9.17) is 14.2 Å². The van der Waals surface area contributed by atoms with Gasteiger partial charge in [0, 0.05) is 24.3 Å². The smallest absolute Gasteiger partial charge is 0.416 e. The number of aryl methyl sites for hydroxylation is 1. The van der Waals surface area contributed by atoms with Crippen molar-refractivity contribution in [1.82, 2.24) is 9.88 Å². The average Bonchev–Trinajstić information content (AvgIpc) is 3.42. The number of fused-ring (bicyclic) bond motifs is 1. The van der Waals surface area contributed by atoms with E-state index < -0.39 is 11.7 Å². The Kier molecular flexibility index (Phi) is 9.75. The van der Waals surface area contributed by atoms with Crippen LogP contribution in [0.5, 0.6) is 17.2 Å². The molecule has 11 heteroatoms. The van der Waals surface area contributed by atoms with Gasteiger partial charge in [-0.05, 0) is 92.4 Å². The minimum atomic E-state index is -4.41. The van der Waals surface area contributed by atoms with Crippen LogP contribution in [0.4, 0.5) is 18.9 Å². The number of benzene rings is 3. The van der Waals surface area contributed by atoms with E-state index in [1.807, 2.05) is 12.1 Å². The van der Waals surface area contributed by atoms with E-state index in [0.29, 0.717) is 33.4 Å². The number of anilines is 1. The van der Waals surface area contributed by atoms with Crippen LogP contribution in [-0.2, 0) is 19.1 Å². The lowest BCUT2D eigenvalue weighted by atomic mass is 9.98. The van der Waals surface area contributed by atoms with Crippen molar-refractivity contribution in [3.8, 4) is 27.8 Å². The topological polar surface area (TPSA) is 72.9 Å². The quantitative estimate of drug-likeness (QED) is 0.173. The van der Waals surface area contributed by atoms with Crippen molar-refractivity contribution in [1.29, 1.82) is 0 Å².